The molecule has 4 atom stereocenters. The van der Waals surface area contributed by atoms with Gasteiger partial charge in [-0.2, -0.15) is 0 Å². The molecule has 42 heavy (non-hydrogen) atoms. The molecule has 0 radical (unpaired) electrons. The molecule has 3 aliphatic heterocycles. The van der Waals surface area contributed by atoms with Crippen molar-refractivity contribution >= 4 is 57.6 Å². The number of para-hydroxylation sites is 1. The Hall–Kier alpha value is -4.47. The van der Waals surface area contributed by atoms with Crippen molar-refractivity contribution < 1.29 is 23.9 Å². The van der Waals surface area contributed by atoms with Crippen LogP contribution in [0.4, 0.5) is 11.4 Å². The molecular formula is C32H27ClN4O5. The van der Waals surface area contributed by atoms with E-state index in [1.54, 1.807) is 31.2 Å². The number of H-pyrrole nitrogens is 1. The minimum atomic E-state index is -1.49. The molecule has 0 unspecified atom stereocenters. The van der Waals surface area contributed by atoms with Crippen LogP contribution in [0.5, 0.6) is 0 Å². The van der Waals surface area contributed by atoms with Crippen molar-refractivity contribution in [2.45, 2.75) is 31.8 Å². The van der Waals surface area contributed by atoms with Gasteiger partial charge in [-0.15, -0.1) is 0 Å². The largest absolute Gasteiger partial charge is 0.462 e. The first-order valence-corrected chi connectivity index (χ1v) is 14.2. The van der Waals surface area contributed by atoms with Gasteiger partial charge < -0.3 is 15.0 Å². The van der Waals surface area contributed by atoms with E-state index >= 15 is 0 Å². The van der Waals surface area contributed by atoms with E-state index in [0.29, 0.717) is 33.9 Å². The highest BCUT2D eigenvalue weighted by Gasteiger charge is 2.70. The molecule has 3 N–H and O–H groups in total. The van der Waals surface area contributed by atoms with Gasteiger partial charge in [-0.05, 0) is 73.9 Å². The van der Waals surface area contributed by atoms with E-state index in [-0.39, 0.29) is 12.5 Å². The number of benzene rings is 3. The highest BCUT2D eigenvalue weighted by molar-refractivity contribution is 6.31. The van der Waals surface area contributed by atoms with Crippen LogP contribution in [0.2, 0.25) is 5.02 Å². The number of esters is 1. The van der Waals surface area contributed by atoms with E-state index < -0.39 is 41.2 Å². The van der Waals surface area contributed by atoms with Gasteiger partial charge in [-0.25, -0.2) is 9.69 Å². The molecule has 10 heteroatoms. The minimum Gasteiger partial charge on any atom is -0.462 e. The normalized spacial score (nSPS) is 24.4. The van der Waals surface area contributed by atoms with Gasteiger partial charge in [0.15, 0.2) is 0 Å². The summed E-state index contributed by atoms with van der Waals surface area (Å²) in [7, 11) is 0. The Bertz CT molecular complexity index is 1820. The Morgan fingerprint density at radius 3 is 2.57 bits per heavy atom. The number of rotatable bonds is 5. The third kappa shape index (κ3) is 3.66. The van der Waals surface area contributed by atoms with Gasteiger partial charge >= 0.3 is 5.97 Å². The average Bonchev–Trinajstić information content (AvgIpc) is 3.68. The standard InChI is InChI=1S/C32H27ClN4O5/c1-3-42-30(40)17-8-10-20(11-9-17)37-28(38)25-24(13-18-15-34-23-7-5-4-6-21(18)23)36-32(26(25)29(37)39)22-14-19(33)12-16(2)27(22)35-31(32)41/h4-12,14-15,24-26,34,36H,3,13H2,1-2H3,(H,35,41)/t24-,25+,26+,32-/m1/s1. The van der Waals surface area contributed by atoms with Crippen molar-refractivity contribution in [2.24, 2.45) is 11.8 Å². The number of carbonyl (C=O) groups is 4. The highest BCUT2D eigenvalue weighted by Crippen LogP contribution is 2.55. The van der Waals surface area contributed by atoms with Crippen molar-refractivity contribution in [3.05, 3.63) is 94.1 Å². The van der Waals surface area contributed by atoms with Crippen LogP contribution in [0, 0.1) is 18.8 Å². The van der Waals surface area contributed by atoms with Gasteiger partial charge in [0.05, 0.1) is 29.7 Å². The number of aryl methyl sites for hydroxylation is 1. The van der Waals surface area contributed by atoms with E-state index in [1.165, 1.54) is 12.1 Å². The molecule has 2 saturated heterocycles. The summed E-state index contributed by atoms with van der Waals surface area (Å²) in [6, 6.07) is 17.0. The summed E-state index contributed by atoms with van der Waals surface area (Å²) in [5, 5.41) is 7.90. The number of hydrogen-bond acceptors (Lipinski definition) is 6. The summed E-state index contributed by atoms with van der Waals surface area (Å²) in [6.07, 6.45) is 2.31. The number of halogens is 1. The first-order chi connectivity index (χ1) is 20.2. The van der Waals surface area contributed by atoms with Crippen LogP contribution >= 0.6 is 11.6 Å². The molecule has 3 aromatic carbocycles. The van der Waals surface area contributed by atoms with E-state index in [4.69, 9.17) is 16.3 Å². The molecular weight excluding hydrogens is 556 g/mol. The molecule has 212 valence electrons. The van der Waals surface area contributed by atoms with Gasteiger partial charge in [0.25, 0.3) is 0 Å². The molecule has 1 spiro atoms. The predicted molar refractivity (Wildman–Crippen MR) is 157 cm³/mol. The number of aromatic amines is 1. The van der Waals surface area contributed by atoms with Crippen LogP contribution in [0.3, 0.4) is 0 Å². The average molecular weight is 583 g/mol. The summed E-state index contributed by atoms with van der Waals surface area (Å²) in [4.78, 5) is 59.1. The van der Waals surface area contributed by atoms with Crippen molar-refractivity contribution in [3.63, 3.8) is 0 Å². The lowest BCUT2D eigenvalue weighted by Gasteiger charge is -2.29. The van der Waals surface area contributed by atoms with Gasteiger partial charge in [-0.3, -0.25) is 19.7 Å². The van der Waals surface area contributed by atoms with Gasteiger partial charge in [0.2, 0.25) is 17.7 Å². The molecule has 2 fully saturated rings. The lowest BCUT2D eigenvalue weighted by molar-refractivity contribution is -0.130. The Kier molecular flexibility index (Phi) is 6.00. The van der Waals surface area contributed by atoms with E-state index in [0.717, 1.165) is 26.9 Å². The predicted octanol–water partition coefficient (Wildman–Crippen LogP) is 4.47. The highest BCUT2D eigenvalue weighted by atomic mass is 35.5. The zero-order chi connectivity index (χ0) is 29.3. The third-order valence-corrected chi connectivity index (χ3v) is 8.96. The lowest BCUT2D eigenvalue weighted by Crippen LogP contribution is -2.53. The fourth-order valence-electron chi connectivity index (χ4n) is 6.96. The summed E-state index contributed by atoms with van der Waals surface area (Å²) >= 11 is 6.48. The summed E-state index contributed by atoms with van der Waals surface area (Å²) in [5.41, 5.74) is 3.01. The molecule has 1 aromatic heterocycles. The Balaban J connectivity index is 1.34. The van der Waals surface area contributed by atoms with Crippen molar-refractivity contribution in [3.8, 4) is 0 Å². The minimum absolute atomic E-state index is 0.229. The topological polar surface area (TPSA) is 121 Å². The third-order valence-electron chi connectivity index (χ3n) is 8.74. The van der Waals surface area contributed by atoms with E-state index in [1.807, 2.05) is 37.4 Å². The zero-order valence-corrected chi connectivity index (χ0v) is 23.6. The lowest BCUT2D eigenvalue weighted by atomic mass is 9.76. The number of ether oxygens (including phenoxy) is 1. The van der Waals surface area contributed by atoms with Gasteiger partial charge in [-0.1, -0.05) is 29.8 Å². The number of carbonyl (C=O) groups excluding carboxylic acids is 4. The first-order valence-electron chi connectivity index (χ1n) is 13.8. The number of fused-ring (bicyclic) bond motifs is 5. The Labute approximate surface area is 246 Å². The molecule has 3 amide bonds. The van der Waals surface area contributed by atoms with E-state index in [9.17, 15) is 19.2 Å². The summed E-state index contributed by atoms with van der Waals surface area (Å²) in [6.45, 7) is 3.79. The fraction of sp³-hybridized carbons (Fsp3) is 0.250. The monoisotopic (exact) mass is 582 g/mol. The summed E-state index contributed by atoms with van der Waals surface area (Å²) < 4.78 is 5.07. The van der Waals surface area contributed by atoms with Crippen molar-refractivity contribution in [2.75, 3.05) is 16.8 Å². The van der Waals surface area contributed by atoms with Crippen LogP contribution < -0.4 is 15.5 Å². The number of nitrogens with one attached hydrogen (secondary N) is 3. The summed E-state index contributed by atoms with van der Waals surface area (Å²) in [5.74, 6) is -3.60. The molecule has 0 saturated carbocycles. The molecule has 3 aliphatic rings. The first kappa shape index (κ1) is 26.4. The number of aromatic nitrogens is 1. The van der Waals surface area contributed by atoms with Crippen LogP contribution in [-0.2, 0) is 31.1 Å². The van der Waals surface area contributed by atoms with Crippen molar-refractivity contribution in [1.82, 2.24) is 10.3 Å². The van der Waals surface area contributed by atoms with Crippen LogP contribution in [0.15, 0.2) is 66.9 Å². The van der Waals surface area contributed by atoms with Gasteiger partial charge in [0.1, 0.15) is 5.54 Å². The molecule has 0 bridgehead atoms. The fourth-order valence-corrected chi connectivity index (χ4v) is 7.23. The maximum absolute atomic E-state index is 14.3. The SMILES string of the molecule is CCOC(=O)c1ccc(N2C(=O)[C@@H]3[C@@H](C2=O)[C@@]2(N[C@@H]3Cc3c[nH]c4ccccc34)C(=O)Nc3c(C)cc(Cl)cc32)cc1. The second-order valence-corrected chi connectivity index (χ2v) is 11.4. The smallest absolute Gasteiger partial charge is 0.338 e. The molecule has 0 aliphatic carbocycles. The zero-order valence-electron chi connectivity index (χ0n) is 22.9. The number of anilines is 2. The van der Waals surface area contributed by atoms with Crippen LogP contribution in [-0.4, -0.2) is 41.3 Å². The second kappa shape index (κ2) is 9.54. The molecule has 7 rings (SSSR count). The number of imide groups is 1. The maximum Gasteiger partial charge on any atom is 0.338 e. The quantitative estimate of drug-likeness (QED) is 0.236. The Morgan fingerprint density at radius 2 is 1.81 bits per heavy atom. The molecule has 9 nitrogen and oxygen atoms in total. The second-order valence-electron chi connectivity index (χ2n) is 11.0. The number of nitrogens with zero attached hydrogens (tertiary/aromatic N) is 1. The van der Waals surface area contributed by atoms with E-state index in [2.05, 4.69) is 15.6 Å². The maximum atomic E-state index is 14.3. The van der Waals surface area contributed by atoms with Gasteiger partial charge in [0, 0.05) is 39.4 Å². The number of hydrogen-bond donors (Lipinski definition) is 3. The van der Waals surface area contributed by atoms with Crippen molar-refractivity contribution in [1.29, 1.82) is 0 Å². The van der Waals surface area contributed by atoms with Crippen LogP contribution in [0.1, 0.15) is 34.0 Å². The molecule has 4 heterocycles. The Morgan fingerprint density at radius 1 is 1.05 bits per heavy atom. The number of amides is 3. The molecule has 4 aromatic rings. The van der Waals surface area contributed by atoms with Crippen LogP contribution in [0.25, 0.3) is 10.9 Å².